The van der Waals surface area contributed by atoms with Gasteiger partial charge in [-0.05, 0) is 25.1 Å². The number of amides is 1. The fourth-order valence-corrected chi connectivity index (χ4v) is 3.70. The Balaban J connectivity index is 2.15. The molecule has 1 amide bonds. The van der Waals surface area contributed by atoms with E-state index >= 15 is 0 Å². The molecule has 116 valence electrons. The Bertz CT molecular complexity index is 560. The molecule has 0 unspecified atom stereocenters. The minimum absolute atomic E-state index is 0.119. The number of hydrogen-bond donors (Lipinski definition) is 2. The second-order valence-corrected chi connectivity index (χ2v) is 6.86. The van der Waals surface area contributed by atoms with Crippen LogP contribution in [-0.4, -0.2) is 51.4 Å². The van der Waals surface area contributed by atoms with Crippen molar-refractivity contribution in [2.45, 2.75) is 17.7 Å². The molecule has 2 N–H and O–H groups in total. The molecule has 0 bridgehead atoms. The van der Waals surface area contributed by atoms with Crippen LogP contribution in [0.4, 0.5) is 0 Å². The highest BCUT2D eigenvalue weighted by Crippen LogP contribution is 2.16. The summed E-state index contributed by atoms with van der Waals surface area (Å²) < 4.78 is 26.6. The number of sulfonamides is 1. The number of hydrogen-bond acceptors (Lipinski definition) is 4. The van der Waals surface area contributed by atoms with Crippen LogP contribution in [0.1, 0.15) is 12.8 Å². The maximum absolute atomic E-state index is 12.6. The second-order valence-electron chi connectivity index (χ2n) is 4.92. The van der Waals surface area contributed by atoms with Gasteiger partial charge in [-0.2, -0.15) is 4.31 Å². The molecule has 1 aromatic carbocycles. The molecule has 1 aromatic rings. The lowest BCUT2D eigenvalue weighted by molar-refractivity contribution is -0.121. The summed E-state index contributed by atoms with van der Waals surface area (Å²) in [5.74, 6) is -0.119. The summed E-state index contributed by atoms with van der Waals surface area (Å²) in [6.07, 6.45) is 0.909. The number of rotatable bonds is 2. The molecule has 0 atom stereocenters. The lowest BCUT2D eigenvalue weighted by Crippen LogP contribution is -2.36. The predicted octanol–water partition coefficient (Wildman–Crippen LogP) is 0.177. The van der Waals surface area contributed by atoms with Crippen LogP contribution >= 0.6 is 0 Å². The van der Waals surface area contributed by atoms with E-state index in [0.29, 0.717) is 19.6 Å². The first-order chi connectivity index (χ1) is 10.1. The normalized spacial score (nSPS) is 19.5. The van der Waals surface area contributed by atoms with E-state index in [4.69, 9.17) is 0 Å². The van der Waals surface area contributed by atoms with Gasteiger partial charge in [-0.1, -0.05) is 18.2 Å². The predicted molar refractivity (Wildman–Crippen MR) is 80.3 cm³/mol. The van der Waals surface area contributed by atoms with Gasteiger partial charge < -0.3 is 10.6 Å². The molecule has 6 nitrogen and oxygen atoms in total. The first-order valence-corrected chi connectivity index (χ1v) is 8.57. The molecule has 2 rings (SSSR count). The number of nitrogens with one attached hydrogen (secondary N) is 2. The molecule has 1 aliphatic heterocycles. The van der Waals surface area contributed by atoms with Crippen LogP contribution in [0.3, 0.4) is 0 Å². The Labute approximate surface area is 125 Å². The quantitative estimate of drug-likeness (QED) is 0.816. The standard InChI is InChI=1S/C14H21N3O3S/c18-14-7-12-17(11-4-8-15-9-10-16-14)21(19,20)13-5-2-1-3-6-13/h1-3,5-6,15H,4,7-12H2,(H,16,18). The summed E-state index contributed by atoms with van der Waals surface area (Å²) in [4.78, 5) is 11.9. The van der Waals surface area contributed by atoms with E-state index in [1.165, 1.54) is 4.31 Å². The molecule has 0 saturated carbocycles. The molecule has 21 heavy (non-hydrogen) atoms. The van der Waals surface area contributed by atoms with Crippen molar-refractivity contribution in [3.63, 3.8) is 0 Å². The van der Waals surface area contributed by atoms with Gasteiger partial charge in [-0.3, -0.25) is 4.79 Å². The molecule has 1 aliphatic rings. The van der Waals surface area contributed by atoms with Crippen LogP contribution in [0.25, 0.3) is 0 Å². The minimum atomic E-state index is -3.54. The lowest BCUT2D eigenvalue weighted by atomic mass is 10.3. The largest absolute Gasteiger partial charge is 0.355 e. The van der Waals surface area contributed by atoms with E-state index in [1.807, 2.05) is 0 Å². The fraction of sp³-hybridized carbons (Fsp3) is 0.500. The van der Waals surface area contributed by atoms with Crippen LogP contribution in [0, 0.1) is 0 Å². The highest BCUT2D eigenvalue weighted by Gasteiger charge is 2.24. The van der Waals surface area contributed by atoms with Crippen molar-refractivity contribution >= 4 is 15.9 Å². The molecule has 7 heteroatoms. The van der Waals surface area contributed by atoms with Crippen molar-refractivity contribution in [3.05, 3.63) is 30.3 Å². The highest BCUT2D eigenvalue weighted by atomic mass is 32.2. The summed E-state index contributed by atoms with van der Waals surface area (Å²) in [6, 6.07) is 8.35. The number of carbonyl (C=O) groups is 1. The van der Waals surface area contributed by atoms with Crippen LogP contribution in [0.2, 0.25) is 0 Å². The molecular formula is C14H21N3O3S. The second kappa shape index (κ2) is 7.53. The van der Waals surface area contributed by atoms with Crippen molar-refractivity contribution in [1.82, 2.24) is 14.9 Å². The van der Waals surface area contributed by atoms with Crippen molar-refractivity contribution in [2.75, 3.05) is 32.7 Å². The van der Waals surface area contributed by atoms with Crippen LogP contribution in [0.5, 0.6) is 0 Å². The van der Waals surface area contributed by atoms with E-state index < -0.39 is 10.0 Å². The zero-order chi connectivity index (χ0) is 15.1. The summed E-state index contributed by atoms with van der Waals surface area (Å²) in [7, 11) is -3.54. The SMILES string of the molecule is O=C1CCN(S(=O)(=O)c2ccccc2)CCCNCCN1. The Morgan fingerprint density at radius 1 is 1.00 bits per heavy atom. The van der Waals surface area contributed by atoms with Gasteiger partial charge in [0.1, 0.15) is 0 Å². The molecule has 0 aromatic heterocycles. The zero-order valence-corrected chi connectivity index (χ0v) is 12.7. The summed E-state index contributed by atoms with van der Waals surface area (Å²) >= 11 is 0. The molecule has 0 aliphatic carbocycles. The Kier molecular flexibility index (Phi) is 5.72. The number of carbonyl (C=O) groups excluding carboxylic acids is 1. The maximum Gasteiger partial charge on any atom is 0.243 e. The monoisotopic (exact) mass is 311 g/mol. The zero-order valence-electron chi connectivity index (χ0n) is 11.9. The Morgan fingerprint density at radius 3 is 2.52 bits per heavy atom. The van der Waals surface area contributed by atoms with Gasteiger partial charge in [-0.25, -0.2) is 8.42 Å². The third-order valence-corrected chi connectivity index (χ3v) is 5.27. The van der Waals surface area contributed by atoms with Gasteiger partial charge in [0.2, 0.25) is 15.9 Å². The number of nitrogens with zero attached hydrogens (tertiary/aromatic N) is 1. The average molecular weight is 311 g/mol. The van der Waals surface area contributed by atoms with Gasteiger partial charge in [0.25, 0.3) is 0 Å². The molecule has 0 radical (unpaired) electrons. The number of benzene rings is 1. The third-order valence-electron chi connectivity index (χ3n) is 3.35. The van der Waals surface area contributed by atoms with Crippen molar-refractivity contribution in [1.29, 1.82) is 0 Å². The summed E-state index contributed by atoms with van der Waals surface area (Å²) in [6.45, 7) is 2.64. The molecule has 1 saturated heterocycles. The molecular weight excluding hydrogens is 290 g/mol. The first-order valence-electron chi connectivity index (χ1n) is 7.13. The van der Waals surface area contributed by atoms with E-state index in [-0.39, 0.29) is 23.8 Å². The van der Waals surface area contributed by atoms with Gasteiger partial charge in [0.15, 0.2) is 0 Å². The van der Waals surface area contributed by atoms with E-state index in [0.717, 1.165) is 13.0 Å². The highest BCUT2D eigenvalue weighted by molar-refractivity contribution is 7.89. The van der Waals surface area contributed by atoms with Crippen LogP contribution in [-0.2, 0) is 14.8 Å². The summed E-state index contributed by atoms with van der Waals surface area (Å²) in [5, 5.41) is 5.95. The summed E-state index contributed by atoms with van der Waals surface area (Å²) in [5.41, 5.74) is 0. The molecule has 1 fully saturated rings. The van der Waals surface area contributed by atoms with Gasteiger partial charge in [-0.15, -0.1) is 0 Å². The topological polar surface area (TPSA) is 78.5 Å². The van der Waals surface area contributed by atoms with Crippen LogP contribution in [0.15, 0.2) is 35.2 Å². The fourth-order valence-electron chi connectivity index (χ4n) is 2.20. The maximum atomic E-state index is 12.6. The van der Waals surface area contributed by atoms with E-state index in [1.54, 1.807) is 30.3 Å². The van der Waals surface area contributed by atoms with Crippen molar-refractivity contribution in [2.24, 2.45) is 0 Å². The first kappa shape index (κ1) is 15.9. The van der Waals surface area contributed by atoms with Gasteiger partial charge >= 0.3 is 0 Å². The van der Waals surface area contributed by atoms with Gasteiger partial charge in [0, 0.05) is 32.6 Å². The lowest BCUT2D eigenvalue weighted by Gasteiger charge is -2.21. The third kappa shape index (κ3) is 4.52. The van der Waals surface area contributed by atoms with Gasteiger partial charge in [0.05, 0.1) is 4.90 Å². The smallest absolute Gasteiger partial charge is 0.243 e. The van der Waals surface area contributed by atoms with Crippen molar-refractivity contribution in [3.8, 4) is 0 Å². The van der Waals surface area contributed by atoms with E-state index in [9.17, 15) is 13.2 Å². The molecule has 0 spiro atoms. The average Bonchev–Trinajstić information content (AvgIpc) is 2.54. The Morgan fingerprint density at radius 2 is 1.76 bits per heavy atom. The molecule has 1 heterocycles. The minimum Gasteiger partial charge on any atom is -0.355 e. The van der Waals surface area contributed by atoms with E-state index in [2.05, 4.69) is 10.6 Å². The van der Waals surface area contributed by atoms with Crippen LogP contribution < -0.4 is 10.6 Å². The van der Waals surface area contributed by atoms with Crippen molar-refractivity contribution < 1.29 is 13.2 Å². The Hall–Kier alpha value is -1.44.